The van der Waals surface area contributed by atoms with Crippen molar-refractivity contribution in [3.05, 3.63) is 29.6 Å². The van der Waals surface area contributed by atoms with Gasteiger partial charge >= 0.3 is 0 Å². The highest BCUT2D eigenvalue weighted by Crippen LogP contribution is 2.37. The van der Waals surface area contributed by atoms with Crippen molar-refractivity contribution in [1.82, 2.24) is 9.97 Å². The maximum absolute atomic E-state index is 5.71. The predicted molar refractivity (Wildman–Crippen MR) is 60.1 cm³/mol. The summed E-state index contributed by atoms with van der Waals surface area (Å²) < 4.78 is -1.49. The SMILES string of the molecule is Cc1ccc2[nH]c(C(Cl)(Cl)Cl)nc2c1. The summed E-state index contributed by atoms with van der Waals surface area (Å²) in [5, 5.41) is 0. The van der Waals surface area contributed by atoms with Crippen molar-refractivity contribution in [2.24, 2.45) is 0 Å². The highest BCUT2D eigenvalue weighted by atomic mass is 35.6. The van der Waals surface area contributed by atoms with E-state index in [1.54, 1.807) is 0 Å². The minimum absolute atomic E-state index is 0.350. The first-order valence-electron chi connectivity index (χ1n) is 4.00. The van der Waals surface area contributed by atoms with Gasteiger partial charge in [-0.05, 0) is 24.6 Å². The average Bonchev–Trinajstić information content (AvgIpc) is 2.45. The van der Waals surface area contributed by atoms with Crippen molar-refractivity contribution < 1.29 is 0 Å². The second kappa shape index (κ2) is 3.30. The molecule has 2 nitrogen and oxygen atoms in total. The molecular weight excluding hydrogens is 242 g/mol. The van der Waals surface area contributed by atoms with Crippen LogP contribution in [0.15, 0.2) is 18.2 Å². The molecule has 0 saturated heterocycles. The van der Waals surface area contributed by atoms with Gasteiger partial charge < -0.3 is 4.98 Å². The Morgan fingerprint density at radius 1 is 1.29 bits per heavy atom. The van der Waals surface area contributed by atoms with Crippen molar-refractivity contribution in [2.45, 2.75) is 10.7 Å². The molecule has 1 N–H and O–H groups in total. The van der Waals surface area contributed by atoms with E-state index in [2.05, 4.69) is 9.97 Å². The van der Waals surface area contributed by atoms with Crippen LogP contribution in [0.3, 0.4) is 0 Å². The summed E-state index contributed by atoms with van der Waals surface area (Å²) in [6.07, 6.45) is 0. The number of nitrogens with zero attached hydrogens (tertiary/aromatic N) is 1. The van der Waals surface area contributed by atoms with Crippen molar-refractivity contribution >= 4 is 45.8 Å². The molecule has 0 aliphatic rings. The summed E-state index contributed by atoms with van der Waals surface area (Å²) in [7, 11) is 0. The molecule has 0 radical (unpaired) electrons. The largest absolute Gasteiger partial charge is 0.338 e. The van der Waals surface area contributed by atoms with Crippen LogP contribution in [0.2, 0.25) is 0 Å². The van der Waals surface area contributed by atoms with Crippen LogP contribution in [0.25, 0.3) is 11.0 Å². The lowest BCUT2D eigenvalue weighted by Crippen LogP contribution is -2.01. The number of imidazole rings is 1. The first-order chi connectivity index (χ1) is 6.47. The highest BCUT2D eigenvalue weighted by Gasteiger charge is 2.26. The monoisotopic (exact) mass is 248 g/mol. The Balaban J connectivity index is 2.63. The van der Waals surface area contributed by atoms with E-state index in [-0.39, 0.29) is 0 Å². The molecule has 0 unspecified atom stereocenters. The van der Waals surface area contributed by atoms with Gasteiger partial charge in [-0.15, -0.1) is 0 Å². The van der Waals surface area contributed by atoms with Crippen LogP contribution in [-0.4, -0.2) is 9.97 Å². The topological polar surface area (TPSA) is 28.7 Å². The Kier molecular flexibility index (Phi) is 2.38. The van der Waals surface area contributed by atoms with Gasteiger partial charge in [0.25, 0.3) is 0 Å². The van der Waals surface area contributed by atoms with Crippen LogP contribution < -0.4 is 0 Å². The molecule has 1 aromatic carbocycles. The number of alkyl halides is 3. The second-order valence-electron chi connectivity index (χ2n) is 3.10. The van der Waals surface area contributed by atoms with Crippen LogP contribution in [0.5, 0.6) is 0 Å². The number of hydrogen-bond donors (Lipinski definition) is 1. The summed E-state index contributed by atoms with van der Waals surface area (Å²) in [5.41, 5.74) is 2.81. The lowest BCUT2D eigenvalue weighted by Gasteiger charge is -2.04. The van der Waals surface area contributed by atoms with E-state index >= 15 is 0 Å². The lowest BCUT2D eigenvalue weighted by atomic mass is 10.2. The molecule has 0 bridgehead atoms. The van der Waals surface area contributed by atoms with E-state index < -0.39 is 3.79 Å². The fourth-order valence-electron chi connectivity index (χ4n) is 1.25. The zero-order valence-corrected chi connectivity index (χ0v) is 9.58. The molecule has 74 valence electrons. The van der Waals surface area contributed by atoms with Crippen molar-refractivity contribution in [2.75, 3.05) is 0 Å². The number of rotatable bonds is 0. The van der Waals surface area contributed by atoms with Gasteiger partial charge in [-0.2, -0.15) is 0 Å². The van der Waals surface area contributed by atoms with Gasteiger partial charge in [0, 0.05) is 0 Å². The Bertz CT molecular complexity index is 470. The fraction of sp³-hybridized carbons (Fsp3) is 0.222. The molecule has 0 amide bonds. The fourth-order valence-corrected chi connectivity index (χ4v) is 1.52. The molecule has 0 saturated carbocycles. The lowest BCUT2D eigenvalue weighted by molar-refractivity contribution is 1.05. The maximum atomic E-state index is 5.71. The summed E-state index contributed by atoms with van der Waals surface area (Å²) in [5.74, 6) is 0.350. The quantitative estimate of drug-likeness (QED) is 0.709. The summed E-state index contributed by atoms with van der Waals surface area (Å²) in [4.78, 5) is 7.15. The first-order valence-corrected chi connectivity index (χ1v) is 5.14. The number of aryl methyl sites for hydroxylation is 1. The van der Waals surface area contributed by atoms with Gasteiger partial charge in [0.2, 0.25) is 3.79 Å². The van der Waals surface area contributed by atoms with Crippen LogP contribution >= 0.6 is 34.8 Å². The predicted octanol–water partition coefficient (Wildman–Crippen LogP) is 3.70. The molecule has 14 heavy (non-hydrogen) atoms. The number of aromatic nitrogens is 2. The number of hydrogen-bond acceptors (Lipinski definition) is 1. The van der Waals surface area contributed by atoms with Gasteiger partial charge in [0.1, 0.15) is 0 Å². The van der Waals surface area contributed by atoms with Crippen LogP contribution in [-0.2, 0) is 3.79 Å². The number of nitrogens with one attached hydrogen (secondary N) is 1. The maximum Gasteiger partial charge on any atom is 0.248 e. The molecule has 5 heteroatoms. The highest BCUT2D eigenvalue weighted by molar-refractivity contribution is 6.66. The van der Waals surface area contributed by atoms with Crippen LogP contribution in [0, 0.1) is 6.92 Å². The van der Waals surface area contributed by atoms with Crippen LogP contribution in [0.4, 0.5) is 0 Å². The Labute approximate surface area is 96.2 Å². The van der Waals surface area contributed by atoms with E-state index in [1.165, 1.54) is 0 Å². The van der Waals surface area contributed by atoms with Gasteiger partial charge in [0.05, 0.1) is 11.0 Å². The van der Waals surface area contributed by atoms with Gasteiger partial charge in [-0.3, -0.25) is 0 Å². The normalized spacial score (nSPS) is 12.3. The number of fused-ring (bicyclic) bond motifs is 1. The number of benzene rings is 1. The Morgan fingerprint density at radius 2 is 2.00 bits per heavy atom. The summed E-state index contributed by atoms with van der Waals surface area (Å²) in [6, 6.07) is 5.83. The number of halogens is 3. The molecule has 2 rings (SSSR count). The smallest absolute Gasteiger partial charge is 0.248 e. The standard InChI is InChI=1S/C9H7Cl3N2/c1-5-2-3-6-7(4-5)14-8(13-6)9(10,11)12/h2-4H,1H3,(H,13,14). The number of aromatic amines is 1. The van der Waals surface area contributed by atoms with Gasteiger partial charge in [-0.25, -0.2) is 4.98 Å². The van der Waals surface area contributed by atoms with E-state index in [9.17, 15) is 0 Å². The molecule has 0 spiro atoms. The Morgan fingerprint density at radius 3 is 2.64 bits per heavy atom. The van der Waals surface area contributed by atoms with Crippen molar-refractivity contribution in [3.63, 3.8) is 0 Å². The number of H-pyrrole nitrogens is 1. The van der Waals surface area contributed by atoms with Gasteiger partial charge in [-0.1, -0.05) is 40.9 Å². The van der Waals surface area contributed by atoms with E-state index in [0.717, 1.165) is 16.6 Å². The summed E-state index contributed by atoms with van der Waals surface area (Å²) in [6.45, 7) is 1.99. The first kappa shape index (κ1) is 10.1. The molecule has 1 aromatic heterocycles. The zero-order valence-electron chi connectivity index (χ0n) is 7.31. The minimum atomic E-state index is -1.49. The molecular formula is C9H7Cl3N2. The Hall–Kier alpha value is -0.440. The zero-order chi connectivity index (χ0) is 10.3. The van der Waals surface area contributed by atoms with Crippen molar-refractivity contribution in [3.8, 4) is 0 Å². The minimum Gasteiger partial charge on any atom is -0.338 e. The average molecular weight is 250 g/mol. The van der Waals surface area contributed by atoms with Crippen molar-refractivity contribution in [1.29, 1.82) is 0 Å². The van der Waals surface area contributed by atoms with E-state index in [4.69, 9.17) is 34.8 Å². The molecule has 1 heterocycles. The van der Waals surface area contributed by atoms with E-state index in [1.807, 2.05) is 25.1 Å². The molecule has 2 aromatic rings. The molecule has 0 aliphatic carbocycles. The van der Waals surface area contributed by atoms with Gasteiger partial charge in [0.15, 0.2) is 5.82 Å². The van der Waals surface area contributed by atoms with E-state index in [0.29, 0.717) is 5.82 Å². The van der Waals surface area contributed by atoms with Crippen LogP contribution in [0.1, 0.15) is 11.4 Å². The molecule has 0 aliphatic heterocycles. The molecule has 0 fully saturated rings. The third-order valence-corrected chi connectivity index (χ3v) is 2.44. The molecule has 0 atom stereocenters. The third-order valence-electron chi connectivity index (χ3n) is 1.91. The third kappa shape index (κ3) is 1.83. The second-order valence-corrected chi connectivity index (χ2v) is 5.39. The summed E-state index contributed by atoms with van der Waals surface area (Å²) >= 11 is 17.1.